The standard InChI is InChI=1S/C14H14N2O2S2/c1-11-3-5-12(6-4-11)10-16(2)20(17,18)14-8-7-13(9-15)19-14/h3-8H,10H2,1-2H3. The normalized spacial score (nSPS) is 11.5. The van der Waals surface area contributed by atoms with Crippen LogP contribution in [0.5, 0.6) is 0 Å². The minimum atomic E-state index is -3.54. The average molecular weight is 306 g/mol. The molecule has 0 saturated carbocycles. The summed E-state index contributed by atoms with van der Waals surface area (Å²) in [5.74, 6) is 0. The van der Waals surface area contributed by atoms with Crippen LogP contribution in [0.15, 0.2) is 40.6 Å². The van der Waals surface area contributed by atoms with Crippen LogP contribution in [-0.4, -0.2) is 19.8 Å². The molecule has 6 heteroatoms. The van der Waals surface area contributed by atoms with Crippen LogP contribution in [0, 0.1) is 18.3 Å². The van der Waals surface area contributed by atoms with Crippen molar-refractivity contribution in [2.75, 3.05) is 7.05 Å². The molecule has 0 fully saturated rings. The third kappa shape index (κ3) is 3.07. The number of nitriles is 1. The van der Waals surface area contributed by atoms with Gasteiger partial charge in [0.2, 0.25) is 0 Å². The molecule has 0 radical (unpaired) electrons. The second-order valence-electron chi connectivity index (χ2n) is 4.48. The molecule has 0 N–H and O–H groups in total. The molecule has 0 aliphatic rings. The Hall–Kier alpha value is -1.68. The van der Waals surface area contributed by atoms with Crippen LogP contribution in [0.1, 0.15) is 16.0 Å². The van der Waals surface area contributed by atoms with Gasteiger partial charge in [-0.15, -0.1) is 11.3 Å². The lowest BCUT2D eigenvalue weighted by atomic mass is 10.1. The van der Waals surface area contributed by atoms with Crippen molar-refractivity contribution in [1.29, 1.82) is 5.26 Å². The number of aryl methyl sites for hydroxylation is 1. The van der Waals surface area contributed by atoms with Crippen LogP contribution >= 0.6 is 11.3 Å². The van der Waals surface area contributed by atoms with E-state index in [1.165, 1.54) is 16.4 Å². The van der Waals surface area contributed by atoms with Gasteiger partial charge in [0, 0.05) is 13.6 Å². The fourth-order valence-corrected chi connectivity index (χ4v) is 4.18. The van der Waals surface area contributed by atoms with Crippen LogP contribution in [0.3, 0.4) is 0 Å². The number of rotatable bonds is 4. The second kappa shape index (κ2) is 5.75. The Labute approximate surface area is 123 Å². The molecule has 1 heterocycles. The van der Waals surface area contributed by atoms with E-state index in [2.05, 4.69) is 0 Å². The largest absolute Gasteiger partial charge is 0.252 e. The van der Waals surface area contributed by atoms with Crippen molar-refractivity contribution in [3.63, 3.8) is 0 Å². The van der Waals surface area contributed by atoms with E-state index in [1.54, 1.807) is 7.05 Å². The minimum Gasteiger partial charge on any atom is -0.206 e. The molecule has 0 amide bonds. The summed E-state index contributed by atoms with van der Waals surface area (Å²) in [4.78, 5) is 0.396. The van der Waals surface area contributed by atoms with Crippen molar-refractivity contribution in [1.82, 2.24) is 4.31 Å². The van der Waals surface area contributed by atoms with E-state index in [0.717, 1.165) is 22.5 Å². The predicted molar refractivity (Wildman–Crippen MR) is 78.9 cm³/mol. The number of hydrogen-bond donors (Lipinski definition) is 0. The van der Waals surface area contributed by atoms with E-state index < -0.39 is 10.0 Å². The first-order valence-corrected chi connectivity index (χ1v) is 8.21. The van der Waals surface area contributed by atoms with Crippen LogP contribution < -0.4 is 0 Å². The van der Waals surface area contributed by atoms with Crippen molar-refractivity contribution in [2.24, 2.45) is 0 Å². The van der Waals surface area contributed by atoms with Crippen LogP contribution in [0.25, 0.3) is 0 Å². The van der Waals surface area contributed by atoms with Gasteiger partial charge in [-0.25, -0.2) is 8.42 Å². The molecule has 1 aromatic heterocycles. The van der Waals surface area contributed by atoms with Gasteiger partial charge in [-0.2, -0.15) is 9.57 Å². The predicted octanol–water partition coefficient (Wildman–Crippen LogP) is 2.75. The van der Waals surface area contributed by atoms with E-state index in [9.17, 15) is 8.42 Å². The third-order valence-electron chi connectivity index (χ3n) is 2.88. The average Bonchev–Trinajstić information content (AvgIpc) is 2.90. The van der Waals surface area contributed by atoms with Gasteiger partial charge in [0.15, 0.2) is 0 Å². The fourth-order valence-electron chi connectivity index (χ4n) is 1.71. The Morgan fingerprint density at radius 2 is 1.85 bits per heavy atom. The summed E-state index contributed by atoms with van der Waals surface area (Å²) < 4.78 is 26.2. The highest BCUT2D eigenvalue weighted by atomic mass is 32.2. The van der Waals surface area contributed by atoms with Gasteiger partial charge < -0.3 is 0 Å². The smallest absolute Gasteiger partial charge is 0.206 e. The molecule has 1 aromatic carbocycles. The van der Waals surface area contributed by atoms with Crippen LogP contribution in [0.4, 0.5) is 0 Å². The van der Waals surface area contributed by atoms with E-state index in [0.29, 0.717) is 11.4 Å². The molecule has 0 aliphatic heterocycles. The highest BCUT2D eigenvalue weighted by molar-refractivity contribution is 7.91. The number of hydrogen-bond acceptors (Lipinski definition) is 4. The molecule has 0 saturated heterocycles. The Kier molecular flexibility index (Phi) is 4.23. The van der Waals surface area contributed by atoms with Gasteiger partial charge in [-0.1, -0.05) is 29.8 Å². The topological polar surface area (TPSA) is 61.2 Å². The van der Waals surface area contributed by atoms with Crippen molar-refractivity contribution < 1.29 is 8.42 Å². The third-order valence-corrected chi connectivity index (χ3v) is 6.14. The fraction of sp³-hybridized carbons (Fsp3) is 0.214. The van der Waals surface area contributed by atoms with Gasteiger partial charge in [-0.05, 0) is 24.6 Å². The highest BCUT2D eigenvalue weighted by Crippen LogP contribution is 2.24. The lowest BCUT2D eigenvalue weighted by Crippen LogP contribution is -2.25. The monoisotopic (exact) mass is 306 g/mol. The SMILES string of the molecule is Cc1ccc(CN(C)S(=O)(=O)c2ccc(C#N)s2)cc1. The first kappa shape index (κ1) is 14.7. The molecular formula is C14H14N2O2S2. The first-order valence-electron chi connectivity index (χ1n) is 5.95. The Morgan fingerprint density at radius 1 is 1.20 bits per heavy atom. The van der Waals surface area contributed by atoms with Gasteiger partial charge in [0.05, 0.1) is 0 Å². The molecule has 2 rings (SSSR count). The van der Waals surface area contributed by atoms with Gasteiger partial charge in [0.25, 0.3) is 10.0 Å². The summed E-state index contributed by atoms with van der Waals surface area (Å²) in [6, 6.07) is 12.7. The van der Waals surface area contributed by atoms with Crippen molar-refractivity contribution in [2.45, 2.75) is 17.7 Å². The summed E-state index contributed by atoms with van der Waals surface area (Å²) in [5, 5.41) is 8.77. The highest BCUT2D eigenvalue weighted by Gasteiger charge is 2.22. The Balaban J connectivity index is 2.21. The number of sulfonamides is 1. The van der Waals surface area contributed by atoms with E-state index in [-0.39, 0.29) is 4.21 Å². The summed E-state index contributed by atoms with van der Waals surface area (Å²) in [6.07, 6.45) is 0. The molecule has 0 aliphatic carbocycles. The van der Waals surface area contributed by atoms with Crippen molar-refractivity contribution >= 4 is 21.4 Å². The summed E-state index contributed by atoms with van der Waals surface area (Å²) in [5.41, 5.74) is 2.06. The number of nitrogens with zero attached hydrogens (tertiary/aromatic N) is 2. The zero-order valence-corrected chi connectivity index (χ0v) is 12.8. The molecule has 0 bridgehead atoms. The second-order valence-corrected chi connectivity index (χ2v) is 7.83. The Morgan fingerprint density at radius 3 is 2.40 bits per heavy atom. The quantitative estimate of drug-likeness (QED) is 0.872. The zero-order valence-electron chi connectivity index (χ0n) is 11.2. The molecule has 2 aromatic rings. The molecular weight excluding hydrogens is 292 g/mol. The Bertz CT molecular complexity index is 740. The lowest BCUT2D eigenvalue weighted by Gasteiger charge is -2.16. The molecule has 0 unspecified atom stereocenters. The first-order chi connectivity index (χ1) is 9.43. The van der Waals surface area contributed by atoms with Crippen LogP contribution in [-0.2, 0) is 16.6 Å². The van der Waals surface area contributed by atoms with E-state index in [1.807, 2.05) is 37.3 Å². The van der Waals surface area contributed by atoms with Gasteiger partial charge >= 0.3 is 0 Å². The molecule has 0 spiro atoms. The molecule has 4 nitrogen and oxygen atoms in total. The summed E-state index contributed by atoms with van der Waals surface area (Å²) in [7, 11) is -1.99. The van der Waals surface area contributed by atoms with Crippen molar-refractivity contribution in [3.8, 4) is 6.07 Å². The number of benzene rings is 1. The van der Waals surface area contributed by atoms with E-state index in [4.69, 9.17) is 5.26 Å². The van der Waals surface area contributed by atoms with Crippen LogP contribution in [0.2, 0.25) is 0 Å². The van der Waals surface area contributed by atoms with Gasteiger partial charge in [0.1, 0.15) is 15.2 Å². The molecule has 0 atom stereocenters. The lowest BCUT2D eigenvalue weighted by molar-refractivity contribution is 0.468. The summed E-state index contributed by atoms with van der Waals surface area (Å²) >= 11 is 0.990. The van der Waals surface area contributed by atoms with Crippen molar-refractivity contribution in [3.05, 3.63) is 52.4 Å². The zero-order chi connectivity index (χ0) is 14.8. The maximum absolute atomic E-state index is 12.4. The number of thiophene rings is 1. The molecule has 20 heavy (non-hydrogen) atoms. The maximum atomic E-state index is 12.4. The maximum Gasteiger partial charge on any atom is 0.252 e. The van der Waals surface area contributed by atoms with E-state index >= 15 is 0 Å². The van der Waals surface area contributed by atoms with Gasteiger partial charge in [-0.3, -0.25) is 0 Å². The minimum absolute atomic E-state index is 0.198. The molecule has 104 valence electrons. The summed E-state index contributed by atoms with van der Waals surface area (Å²) in [6.45, 7) is 2.29.